The molecule has 1 rings (SSSR count). The van der Waals surface area contributed by atoms with E-state index in [1.807, 2.05) is 6.92 Å². The summed E-state index contributed by atoms with van der Waals surface area (Å²) < 4.78 is 24.0. The molecule has 0 fully saturated rings. The first-order valence-electron chi connectivity index (χ1n) is 7.04. The number of amides is 2. The number of carbonyl (C=O) groups excluding carboxylic acids is 1. The number of halogens is 1. The molecule has 7 heteroatoms. The van der Waals surface area contributed by atoms with Crippen molar-refractivity contribution in [3.05, 3.63) is 35.6 Å². The normalized spacial score (nSPS) is 16.4. The highest BCUT2D eigenvalue weighted by molar-refractivity contribution is 7.84. The van der Waals surface area contributed by atoms with Crippen LogP contribution in [0.5, 0.6) is 0 Å². The molecule has 124 valence electrons. The maximum Gasteiger partial charge on any atom is 0.314 e. The lowest BCUT2D eigenvalue weighted by molar-refractivity contribution is 0.0593. The Morgan fingerprint density at radius 1 is 1.36 bits per heavy atom. The second kappa shape index (κ2) is 8.24. The van der Waals surface area contributed by atoms with Gasteiger partial charge in [-0.05, 0) is 31.0 Å². The molecule has 22 heavy (non-hydrogen) atoms. The van der Waals surface area contributed by atoms with Crippen LogP contribution in [-0.2, 0) is 16.4 Å². The van der Waals surface area contributed by atoms with Crippen LogP contribution < -0.4 is 10.6 Å². The second-order valence-electron chi connectivity index (χ2n) is 5.49. The standard InChI is InChI=1S/C15H23FN2O3S/c1-11(22(3)21)8-9-17-14(19)18-10-15(2,20)12-4-6-13(16)7-5-12/h4-7,11,20H,8-10H2,1-3H3,(H2,17,18,19). The summed E-state index contributed by atoms with van der Waals surface area (Å²) >= 11 is 0. The summed E-state index contributed by atoms with van der Waals surface area (Å²) in [7, 11) is -0.912. The first-order valence-corrected chi connectivity index (χ1v) is 8.67. The number of rotatable bonds is 7. The second-order valence-corrected chi connectivity index (χ2v) is 7.29. The van der Waals surface area contributed by atoms with E-state index in [2.05, 4.69) is 10.6 Å². The molecule has 3 atom stereocenters. The van der Waals surface area contributed by atoms with Gasteiger partial charge in [0.15, 0.2) is 0 Å². The van der Waals surface area contributed by atoms with E-state index >= 15 is 0 Å². The first-order chi connectivity index (χ1) is 10.2. The van der Waals surface area contributed by atoms with Crippen molar-refractivity contribution in [1.82, 2.24) is 10.6 Å². The smallest absolute Gasteiger partial charge is 0.314 e. The Balaban J connectivity index is 2.39. The number of benzene rings is 1. The number of hydrogen-bond acceptors (Lipinski definition) is 3. The van der Waals surface area contributed by atoms with Gasteiger partial charge in [-0.1, -0.05) is 19.1 Å². The van der Waals surface area contributed by atoms with Crippen LogP contribution in [0.15, 0.2) is 24.3 Å². The fourth-order valence-corrected chi connectivity index (χ4v) is 2.23. The predicted molar refractivity (Wildman–Crippen MR) is 85.5 cm³/mol. The lowest BCUT2D eigenvalue weighted by Gasteiger charge is -2.24. The van der Waals surface area contributed by atoms with Gasteiger partial charge in [-0.15, -0.1) is 0 Å². The Labute approximate surface area is 132 Å². The minimum Gasteiger partial charge on any atom is -0.384 e. The van der Waals surface area contributed by atoms with Crippen molar-refractivity contribution in [2.75, 3.05) is 19.3 Å². The Morgan fingerprint density at radius 2 is 1.95 bits per heavy atom. The molecule has 0 heterocycles. The van der Waals surface area contributed by atoms with E-state index in [0.29, 0.717) is 18.5 Å². The maximum absolute atomic E-state index is 12.9. The summed E-state index contributed by atoms with van der Waals surface area (Å²) in [6, 6.07) is 5.07. The van der Waals surface area contributed by atoms with Crippen molar-refractivity contribution in [1.29, 1.82) is 0 Å². The molecule has 0 aliphatic heterocycles. The third-order valence-corrected chi connectivity index (χ3v) is 4.83. The third-order valence-electron chi connectivity index (χ3n) is 3.46. The van der Waals surface area contributed by atoms with Crippen LogP contribution in [0, 0.1) is 5.82 Å². The van der Waals surface area contributed by atoms with E-state index in [9.17, 15) is 18.5 Å². The number of hydrogen-bond donors (Lipinski definition) is 3. The van der Waals surface area contributed by atoms with E-state index in [4.69, 9.17) is 0 Å². The molecule has 3 N–H and O–H groups in total. The fourth-order valence-electron chi connectivity index (χ4n) is 1.78. The van der Waals surface area contributed by atoms with Crippen molar-refractivity contribution in [2.45, 2.75) is 31.1 Å². The van der Waals surface area contributed by atoms with Crippen LogP contribution in [0.4, 0.5) is 9.18 Å². The average molecular weight is 330 g/mol. The van der Waals surface area contributed by atoms with Gasteiger partial charge in [0.1, 0.15) is 11.4 Å². The van der Waals surface area contributed by atoms with Crippen LogP contribution in [0.25, 0.3) is 0 Å². The molecule has 0 radical (unpaired) electrons. The minimum absolute atomic E-state index is 0.000270. The predicted octanol–water partition coefficient (Wildman–Crippen LogP) is 1.49. The molecule has 0 spiro atoms. The van der Waals surface area contributed by atoms with Crippen molar-refractivity contribution < 1.29 is 18.5 Å². The van der Waals surface area contributed by atoms with Gasteiger partial charge in [0.25, 0.3) is 0 Å². The quantitative estimate of drug-likeness (QED) is 0.709. The highest BCUT2D eigenvalue weighted by Gasteiger charge is 2.23. The molecule has 0 aliphatic rings. The van der Waals surface area contributed by atoms with Gasteiger partial charge >= 0.3 is 6.03 Å². The average Bonchev–Trinajstić information content (AvgIpc) is 2.45. The van der Waals surface area contributed by atoms with Crippen LogP contribution in [0.1, 0.15) is 25.8 Å². The number of carbonyl (C=O) groups is 1. The molecule has 3 unspecified atom stereocenters. The third kappa shape index (κ3) is 6.11. The van der Waals surface area contributed by atoms with Crippen LogP contribution in [0.2, 0.25) is 0 Å². The zero-order chi connectivity index (χ0) is 16.8. The molecule has 0 saturated carbocycles. The lowest BCUT2D eigenvalue weighted by atomic mass is 9.96. The van der Waals surface area contributed by atoms with Crippen LogP contribution >= 0.6 is 0 Å². The van der Waals surface area contributed by atoms with Crippen molar-refractivity contribution >= 4 is 16.8 Å². The van der Waals surface area contributed by atoms with Crippen molar-refractivity contribution in [3.63, 3.8) is 0 Å². The van der Waals surface area contributed by atoms with E-state index in [0.717, 1.165) is 0 Å². The highest BCUT2D eigenvalue weighted by atomic mass is 32.2. The maximum atomic E-state index is 12.9. The summed E-state index contributed by atoms with van der Waals surface area (Å²) in [6.45, 7) is 3.81. The minimum atomic E-state index is -1.29. The van der Waals surface area contributed by atoms with Crippen molar-refractivity contribution in [2.24, 2.45) is 0 Å². The van der Waals surface area contributed by atoms with Gasteiger partial charge in [-0.2, -0.15) is 0 Å². The van der Waals surface area contributed by atoms with Gasteiger partial charge in [0.2, 0.25) is 0 Å². The number of aliphatic hydroxyl groups is 1. The molecule has 0 bridgehead atoms. The zero-order valence-electron chi connectivity index (χ0n) is 13.1. The Kier molecular flexibility index (Phi) is 6.96. The first kappa shape index (κ1) is 18.6. The van der Waals surface area contributed by atoms with E-state index in [1.54, 1.807) is 13.2 Å². The van der Waals surface area contributed by atoms with Gasteiger partial charge in [-0.25, -0.2) is 9.18 Å². The van der Waals surface area contributed by atoms with Crippen LogP contribution in [0.3, 0.4) is 0 Å². The molecule has 1 aromatic carbocycles. The Morgan fingerprint density at radius 3 is 2.50 bits per heavy atom. The summed E-state index contributed by atoms with van der Waals surface area (Å²) in [5.41, 5.74) is -0.771. The van der Waals surface area contributed by atoms with Crippen LogP contribution in [-0.4, -0.2) is 39.9 Å². The highest BCUT2D eigenvalue weighted by Crippen LogP contribution is 2.19. The lowest BCUT2D eigenvalue weighted by Crippen LogP contribution is -2.44. The van der Waals surface area contributed by atoms with E-state index in [-0.39, 0.29) is 17.6 Å². The summed E-state index contributed by atoms with van der Waals surface area (Å²) in [5, 5.41) is 15.5. The largest absolute Gasteiger partial charge is 0.384 e. The SMILES string of the molecule is CC(CCNC(=O)NCC(C)(O)c1ccc(F)cc1)S(C)=O. The van der Waals surface area contributed by atoms with Crippen molar-refractivity contribution in [3.8, 4) is 0 Å². The van der Waals surface area contributed by atoms with Gasteiger partial charge in [0.05, 0.1) is 6.54 Å². The molecule has 5 nitrogen and oxygen atoms in total. The Hall–Kier alpha value is -1.47. The number of nitrogens with one attached hydrogen (secondary N) is 2. The topological polar surface area (TPSA) is 78.4 Å². The van der Waals surface area contributed by atoms with Gasteiger partial charge in [0, 0.05) is 28.9 Å². The molecule has 1 aromatic rings. The monoisotopic (exact) mass is 330 g/mol. The van der Waals surface area contributed by atoms with Gasteiger partial charge in [-0.3, -0.25) is 4.21 Å². The Bertz CT molecular complexity index is 520. The van der Waals surface area contributed by atoms with E-state index < -0.39 is 22.4 Å². The fraction of sp³-hybridized carbons (Fsp3) is 0.533. The molecule has 0 aromatic heterocycles. The molecule has 0 aliphatic carbocycles. The zero-order valence-corrected chi connectivity index (χ0v) is 13.9. The van der Waals surface area contributed by atoms with E-state index in [1.165, 1.54) is 24.3 Å². The molecule has 2 amide bonds. The number of urea groups is 1. The molecule has 0 saturated heterocycles. The summed E-state index contributed by atoms with van der Waals surface area (Å²) in [6.07, 6.45) is 2.25. The summed E-state index contributed by atoms with van der Waals surface area (Å²) in [5.74, 6) is -0.382. The molecular weight excluding hydrogens is 307 g/mol. The summed E-state index contributed by atoms with van der Waals surface area (Å²) in [4.78, 5) is 11.7. The van der Waals surface area contributed by atoms with Gasteiger partial charge < -0.3 is 15.7 Å². The molecular formula is C15H23FN2O3S.